The first-order chi connectivity index (χ1) is 14.5. The van der Waals surface area contributed by atoms with Crippen molar-refractivity contribution in [2.75, 3.05) is 35.5 Å². The van der Waals surface area contributed by atoms with Gasteiger partial charge in [-0.05, 0) is 53.5 Å². The Hall–Kier alpha value is -2.87. The van der Waals surface area contributed by atoms with E-state index in [0.29, 0.717) is 29.4 Å². The molecular formula is C22H24BrNO6. The maximum atomic E-state index is 12.5. The van der Waals surface area contributed by atoms with Crippen molar-refractivity contribution in [3.63, 3.8) is 0 Å². The largest absolute Gasteiger partial charge is 0.493 e. The Morgan fingerprint density at radius 2 is 1.47 bits per heavy atom. The van der Waals surface area contributed by atoms with Gasteiger partial charge in [0, 0.05) is 10.7 Å². The molecule has 1 heterocycles. The Kier molecular flexibility index (Phi) is 6.77. The molecule has 30 heavy (non-hydrogen) atoms. The van der Waals surface area contributed by atoms with E-state index in [-0.39, 0.29) is 6.04 Å². The number of nitrogens with zero attached hydrogens (tertiary/aromatic N) is 1. The van der Waals surface area contributed by atoms with Crippen molar-refractivity contribution in [2.45, 2.75) is 12.5 Å². The van der Waals surface area contributed by atoms with Crippen LogP contribution in [0.4, 0.5) is 4.79 Å². The molecule has 2 aromatic carbocycles. The first-order valence-corrected chi connectivity index (χ1v) is 9.97. The SMILES string of the molecule is COC(=O)N1C=Cc2cc(OC)c(OC)cc2C1Cc1cc(OC)c(OC)cc1Br. The average Bonchev–Trinajstić information content (AvgIpc) is 2.78. The minimum atomic E-state index is -0.451. The predicted molar refractivity (Wildman–Crippen MR) is 117 cm³/mol. The van der Waals surface area contributed by atoms with Gasteiger partial charge in [-0.2, -0.15) is 0 Å². The topological polar surface area (TPSA) is 66.5 Å². The van der Waals surface area contributed by atoms with Crippen molar-refractivity contribution in [3.05, 3.63) is 51.6 Å². The summed E-state index contributed by atoms with van der Waals surface area (Å²) in [6.45, 7) is 0. The van der Waals surface area contributed by atoms with Gasteiger partial charge in [0.2, 0.25) is 0 Å². The van der Waals surface area contributed by atoms with Crippen LogP contribution in [0.25, 0.3) is 6.08 Å². The van der Waals surface area contributed by atoms with Crippen molar-refractivity contribution in [1.82, 2.24) is 4.90 Å². The summed E-state index contributed by atoms with van der Waals surface area (Å²) < 4.78 is 27.6. The first-order valence-electron chi connectivity index (χ1n) is 9.18. The monoisotopic (exact) mass is 477 g/mol. The molecule has 3 rings (SSSR count). The number of carbonyl (C=O) groups is 1. The van der Waals surface area contributed by atoms with Crippen LogP contribution in [0.15, 0.2) is 34.9 Å². The average molecular weight is 478 g/mol. The van der Waals surface area contributed by atoms with E-state index in [1.54, 1.807) is 39.5 Å². The molecule has 8 heteroatoms. The van der Waals surface area contributed by atoms with E-state index >= 15 is 0 Å². The van der Waals surface area contributed by atoms with Gasteiger partial charge < -0.3 is 23.7 Å². The standard InChI is InChI=1S/C22H24BrNO6/c1-26-18-9-13-6-7-24(22(25)30-5)17(15(13)11-20(18)28-3)8-14-10-19(27-2)21(29-4)12-16(14)23/h6-7,9-12,17H,8H2,1-5H3. The Labute approximate surface area is 184 Å². The molecule has 1 aliphatic rings. The van der Waals surface area contributed by atoms with E-state index in [9.17, 15) is 4.79 Å². The summed E-state index contributed by atoms with van der Waals surface area (Å²) in [4.78, 5) is 14.1. The summed E-state index contributed by atoms with van der Waals surface area (Å²) >= 11 is 3.61. The molecule has 1 amide bonds. The van der Waals surface area contributed by atoms with Crippen molar-refractivity contribution in [3.8, 4) is 23.0 Å². The lowest BCUT2D eigenvalue weighted by atomic mass is 9.91. The second-order valence-electron chi connectivity index (χ2n) is 6.55. The summed E-state index contributed by atoms with van der Waals surface area (Å²) in [6, 6.07) is 7.22. The van der Waals surface area contributed by atoms with Gasteiger partial charge in [0.05, 0.1) is 41.6 Å². The third-order valence-corrected chi connectivity index (χ3v) is 5.79. The summed E-state index contributed by atoms with van der Waals surface area (Å²) in [5.74, 6) is 2.44. The fraction of sp³-hybridized carbons (Fsp3) is 0.318. The minimum absolute atomic E-state index is 0.327. The van der Waals surface area contributed by atoms with Gasteiger partial charge in [0.25, 0.3) is 0 Å². The van der Waals surface area contributed by atoms with E-state index in [1.807, 2.05) is 30.3 Å². The number of halogens is 1. The van der Waals surface area contributed by atoms with Crippen LogP contribution in [0.3, 0.4) is 0 Å². The number of hydrogen-bond acceptors (Lipinski definition) is 6. The number of carbonyl (C=O) groups excluding carboxylic acids is 1. The quantitative estimate of drug-likeness (QED) is 0.593. The maximum absolute atomic E-state index is 12.5. The summed E-state index contributed by atoms with van der Waals surface area (Å²) in [5.41, 5.74) is 2.80. The van der Waals surface area contributed by atoms with Gasteiger partial charge in [0.15, 0.2) is 23.0 Å². The molecule has 0 radical (unpaired) electrons. The summed E-state index contributed by atoms with van der Waals surface area (Å²) in [6.07, 6.45) is 3.63. The molecular weight excluding hydrogens is 454 g/mol. The van der Waals surface area contributed by atoms with Crippen LogP contribution in [0, 0.1) is 0 Å². The molecule has 1 unspecified atom stereocenters. The molecule has 1 atom stereocenters. The number of fused-ring (bicyclic) bond motifs is 1. The molecule has 0 saturated heterocycles. The highest BCUT2D eigenvalue weighted by atomic mass is 79.9. The number of methoxy groups -OCH3 is 5. The molecule has 1 aliphatic heterocycles. The maximum Gasteiger partial charge on any atom is 0.414 e. The number of rotatable bonds is 6. The van der Waals surface area contributed by atoms with Crippen molar-refractivity contribution >= 4 is 28.1 Å². The van der Waals surface area contributed by atoms with E-state index in [4.69, 9.17) is 23.7 Å². The third kappa shape index (κ3) is 4.05. The number of amides is 1. The fourth-order valence-corrected chi connectivity index (χ4v) is 4.00. The highest BCUT2D eigenvalue weighted by Gasteiger charge is 2.31. The molecule has 0 bridgehead atoms. The summed E-state index contributed by atoms with van der Waals surface area (Å²) in [7, 11) is 7.72. The van der Waals surface area contributed by atoms with Crippen molar-refractivity contribution in [2.24, 2.45) is 0 Å². The second kappa shape index (κ2) is 9.30. The Morgan fingerprint density at radius 1 is 0.900 bits per heavy atom. The Bertz CT molecular complexity index is 975. The zero-order valence-corrected chi connectivity index (χ0v) is 19.1. The number of benzene rings is 2. The van der Waals surface area contributed by atoms with Gasteiger partial charge in [-0.1, -0.05) is 15.9 Å². The molecule has 0 aliphatic carbocycles. The van der Waals surface area contributed by atoms with E-state index in [0.717, 1.165) is 21.2 Å². The molecule has 2 aromatic rings. The van der Waals surface area contributed by atoms with Crippen LogP contribution < -0.4 is 18.9 Å². The Balaban J connectivity index is 2.11. The van der Waals surface area contributed by atoms with Crippen molar-refractivity contribution < 1.29 is 28.5 Å². The molecule has 0 spiro atoms. The predicted octanol–water partition coefficient (Wildman–Crippen LogP) is 4.82. The van der Waals surface area contributed by atoms with Crippen molar-refractivity contribution in [1.29, 1.82) is 0 Å². The summed E-state index contributed by atoms with van der Waals surface area (Å²) in [5, 5.41) is 0. The van der Waals surface area contributed by atoms with E-state index in [2.05, 4.69) is 15.9 Å². The molecule has 0 saturated carbocycles. The van der Waals surface area contributed by atoms with Crippen LogP contribution in [0.5, 0.6) is 23.0 Å². The Morgan fingerprint density at radius 3 is 2.07 bits per heavy atom. The lowest BCUT2D eigenvalue weighted by Gasteiger charge is -2.33. The van der Waals surface area contributed by atoms with Crippen LogP contribution in [-0.2, 0) is 11.2 Å². The minimum Gasteiger partial charge on any atom is -0.493 e. The number of hydrogen-bond donors (Lipinski definition) is 0. The molecule has 7 nitrogen and oxygen atoms in total. The zero-order chi connectivity index (χ0) is 21.8. The van der Waals surface area contributed by atoms with Crippen LogP contribution >= 0.6 is 15.9 Å². The van der Waals surface area contributed by atoms with E-state index < -0.39 is 6.09 Å². The van der Waals surface area contributed by atoms with Gasteiger partial charge >= 0.3 is 6.09 Å². The highest BCUT2D eigenvalue weighted by Crippen LogP contribution is 2.42. The van der Waals surface area contributed by atoms with Gasteiger partial charge in [-0.25, -0.2) is 4.79 Å². The normalized spacial score (nSPS) is 14.7. The molecule has 0 N–H and O–H groups in total. The lowest BCUT2D eigenvalue weighted by Crippen LogP contribution is -2.33. The fourth-order valence-electron chi connectivity index (χ4n) is 3.52. The first kappa shape index (κ1) is 21.8. The molecule has 0 aromatic heterocycles. The molecule has 0 fully saturated rings. The second-order valence-corrected chi connectivity index (χ2v) is 7.40. The smallest absolute Gasteiger partial charge is 0.414 e. The number of ether oxygens (including phenoxy) is 5. The third-order valence-electron chi connectivity index (χ3n) is 5.05. The van der Waals surface area contributed by atoms with Crippen LogP contribution in [0.2, 0.25) is 0 Å². The highest BCUT2D eigenvalue weighted by molar-refractivity contribution is 9.10. The van der Waals surface area contributed by atoms with E-state index in [1.165, 1.54) is 7.11 Å². The van der Waals surface area contributed by atoms with Gasteiger partial charge in [-0.3, -0.25) is 4.90 Å². The molecule has 160 valence electrons. The van der Waals surface area contributed by atoms with Gasteiger partial charge in [0.1, 0.15) is 0 Å². The zero-order valence-electron chi connectivity index (χ0n) is 17.5. The van der Waals surface area contributed by atoms with Crippen LogP contribution in [0.1, 0.15) is 22.7 Å². The lowest BCUT2D eigenvalue weighted by molar-refractivity contribution is 0.125. The van der Waals surface area contributed by atoms with Crippen LogP contribution in [-0.4, -0.2) is 46.5 Å². The van der Waals surface area contributed by atoms with Gasteiger partial charge in [-0.15, -0.1) is 0 Å².